The largest absolute Gasteiger partial charge is 0.323 e. The van der Waals surface area contributed by atoms with Crippen LogP contribution < -0.4 is 10.6 Å². The predicted octanol–water partition coefficient (Wildman–Crippen LogP) is 4.23. The molecule has 0 unspecified atom stereocenters. The van der Waals surface area contributed by atoms with Gasteiger partial charge in [0.2, 0.25) is 0 Å². The van der Waals surface area contributed by atoms with Crippen molar-refractivity contribution in [2.45, 2.75) is 13.8 Å². The van der Waals surface area contributed by atoms with Crippen LogP contribution in [0.1, 0.15) is 11.1 Å². The zero-order valence-electron chi connectivity index (χ0n) is 11.1. The third-order valence-electron chi connectivity index (χ3n) is 2.82. The molecule has 2 amide bonds. The van der Waals surface area contributed by atoms with E-state index in [9.17, 15) is 13.6 Å². The minimum Gasteiger partial charge on any atom is -0.307 e. The minimum atomic E-state index is -0.692. The Hall–Kier alpha value is -2.43. The Morgan fingerprint density at radius 3 is 2.40 bits per heavy atom. The number of urea groups is 1. The molecule has 0 aliphatic heterocycles. The summed E-state index contributed by atoms with van der Waals surface area (Å²) in [6.45, 7) is 3.74. The van der Waals surface area contributed by atoms with E-state index in [1.807, 2.05) is 26.0 Å². The van der Waals surface area contributed by atoms with Crippen LogP contribution in [-0.4, -0.2) is 6.03 Å². The molecule has 0 heterocycles. The number of halogens is 2. The summed E-state index contributed by atoms with van der Waals surface area (Å²) in [5.74, 6) is -1.31. The van der Waals surface area contributed by atoms with Gasteiger partial charge in [0.05, 0.1) is 5.69 Å². The van der Waals surface area contributed by atoms with Gasteiger partial charge in [-0.05, 0) is 43.2 Å². The quantitative estimate of drug-likeness (QED) is 0.847. The number of rotatable bonds is 2. The Kier molecular flexibility index (Phi) is 3.98. The molecular formula is C15H14F2N2O. The summed E-state index contributed by atoms with van der Waals surface area (Å²) < 4.78 is 26.4. The number of hydrogen-bond acceptors (Lipinski definition) is 1. The van der Waals surface area contributed by atoms with Gasteiger partial charge in [-0.1, -0.05) is 12.1 Å². The zero-order valence-corrected chi connectivity index (χ0v) is 11.1. The molecule has 0 aromatic heterocycles. The van der Waals surface area contributed by atoms with Crippen LogP contribution in [0, 0.1) is 25.5 Å². The summed E-state index contributed by atoms with van der Waals surface area (Å²) in [7, 11) is 0. The third-order valence-corrected chi connectivity index (χ3v) is 2.82. The van der Waals surface area contributed by atoms with Crippen LogP contribution in [0.25, 0.3) is 0 Å². The molecule has 0 saturated heterocycles. The monoisotopic (exact) mass is 276 g/mol. The van der Waals surface area contributed by atoms with E-state index >= 15 is 0 Å². The molecule has 2 aromatic carbocycles. The number of carbonyl (C=O) groups is 1. The number of amides is 2. The second-order valence-electron chi connectivity index (χ2n) is 4.52. The van der Waals surface area contributed by atoms with E-state index in [1.54, 1.807) is 6.07 Å². The zero-order chi connectivity index (χ0) is 14.7. The van der Waals surface area contributed by atoms with E-state index in [1.165, 1.54) is 0 Å². The molecule has 3 nitrogen and oxygen atoms in total. The van der Waals surface area contributed by atoms with Gasteiger partial charge >= 0.3 is 6.03 Å². The highest BCUT2D eigenvalue weighted by atomic mass is 19.1. The van der Waals surface area contributed by atoms with E-state index in [0.29, 0.717) is 5.69 Å². The van der Waals surface area contributed by atoms with Crippen molar-refractivity contribution in [1.82, 2.24) is 0 Å². The van der Waals surface area contributed by atoms with Crippen LogP contribution in [0.15, 0.2) is 36.4 Å². The van der Waals surface area contributed by atoms with Gasteiger partial charge in [-0.15, -0.1) is 0 Å². The smallest absolute Gasteiger partial charge is 0.307 e. The van der Waals surface area contributed by atoms with Gasteiger partial charge in [-0.3, -0.25) is 0 Å². The predicted molar refractivity (Wildman–Crippen MR) is 74.9 cm³/mol. The number of hydrogen-bond donors (Lipinski definition) is 2. The fourth-order valence-electron chi connectivity index (χ4n) is 1.74. The second kappa shape index (κ2) is 5.69. The maximum absolute atomic E-state index is 13.4. The van der Waals surface area contributed by atoms with Crippen molar-refractivity contribution >= 4 is 17.4 Å². The molecule has 20 heavy (non-hydrogen) atoms. The molecule has 5 heteroatoms. The molecule has 0 saturated carbocycles. The summed E-state index contributed by atoms with van der Waals surface area (Å²) >= 11 is 0. The third kappa shape index (κ3) is 3.32. The van der Waals surface area contributed by atoms with E-state index in [2.05, 4.69) is 10.6 Å². The van der Waals surface area contributed by atoms with Crippen molar-refractivity contribution in [3.8, 4) is 0 Å². The van der Waals surface area contributed by atoms with Gasteiger partial charge in [-0.2, -0.15) is 0 Å². The lowest BCUT2D eigenvalue weighted by atomic mass is 10.1. The topological polar surface area (TPSA) is 41.1 Å². The fraction of sp³-hybridized carbons (Fsp3) is 0.133. The molecule has 0 bridgehead atoms. The van der Waals surface area contributed by atoms with Crippen LogP contribution in [0.4, 0.5) is 25.0 Å². The Balaban J connectivity index is 2.13. The van der Waals surface area contributed by atoms with E-state index in [-0.39, 0.29) is 5.69 Å². The first-order valence-corrected chi connectivity index (χ1v) is 6.06. The van der Waals surface area contributed by atoms with E-state index < -0.39 is 17.7 Å². The molecule has 0 aliphatic rings. The first kappa shape index (κ1) is 14.0. The van der Waals surface area contributed by atoms with Crippen LogP contribution in [0.2, 0.25) is 0 Å². The Bertz CT molecular complexity index is 601. The Morgan fingerprint density at radius 1 is 0.950 bits per heavy atom. The number of nitrogens with one attached hydrogen (secondary N) is 2. The number of carbonyl (C=O) groups excluding carboxylic acids is 1. The standard InChI is InChI=1S/C15H14F2N2O/c1-9-3-4-10(2)13(7-9)18-15(20)19-14-8-11(16)5-6-12(14)17/h3-8H,1-2H3,(H2,18,19,20). The lowest BCUT2D eigenvalue weighted by Gasteiger charge is -2.11. The summed E-state index contributed by atoms with van der Waals surface area (Å²) in [4.78, 5) is 11.8. The lowest BCUT2D eigenvalue weighted by molar-refractivity contribution is 0.262. The van der Waals surface area contributed by atoms with E-state index in [4.69, 9.17) is 0 Å². The Morgan fingerprint density at radius 2 is 1.65 bits per heavy atom. The van der Waals surface area contributed by atoms with Crippen LogP contribution >= 0.6 is 0 Å². The number of anilines is 2. The van der Waals surface area contributed by atoms with E-state index in [0.717, 1.165) is 29.3 Å². The first-order chi connectivity index (χ1) is 9.45. The molecule has 2 aromatic rings. The van der Waals surface area contributed by atoms with Crippen LogP contribution in [0.3, 0.4) is 0 Å². The highest BCUT2D eigenvalue weighted by Gasteiger charge is 2.09. The van der Waals surface area contributed by atoms with Crippen molar-refractivity contribution in [2.24, 2.45) is 0 Å². The number of aryl methyl sites for hydroxylation is 2. The fourth-order valence-corrected chi connectivity index (χ4v) is 1.74. The molecule has 104 valence electrons. The Labute approximate surface area is 115 Å². The van der Waals surface area contributed by atoms with Crippen molar-refractivity contribution < 1.29 is 13.6 Å². The lowest BCUT2D eigenvalue weighted by Crippen LogP contribution is -2.20. The molecule has 0 radical (unpaired) electrons. The van der Waals surface area contributed by atoms with Gasteiger partial charge < -0.3 is 10.6 Å². The first-order valence-electron chi connectivity index (χ1n) is 6.06. The molecule has 0 fully saturated rings. The molecule has 0 aliphatic carbocycles. The SMILES string of the molecule is Cc1ccc(C)c(NC(=O)Nc2cc(F)ccc2F)c1. The highest BCUT2D eigenvalue weighted by molar-refractivity contribution is 6.00. The molecular weight excluding hydrogens is 262 g/mol. The van der Waals surface area contributed by atoms with Gasteiger partial charge in [-0.25, -0.2) is 13.6 Å². The summed E-state index contributed by atoms with van der Waals surface area (Å²) in [6.07, 6.45) is 0. The number of benzene rings is 2. The maximum Gasteiger partial charge on any atom is 0.323 e. The van der Waals surface area contributed by atoms with Crippen molar-refractivity contribution in [2.75, 3.05) is 10.6 Å². The second-order valence-corrected chi connectivity index (χ2v) is 4.52. The van der Waals surface area contributed by atoms with Crippen LogP contribution in [0.5, 0.6) is 0 Å². The van der Waals surface area contributed by atoms with Gasteiger partial charge in [0.15, 0.2) is 0 Å². The van der Waals surface area contributed by atoms with Crippen LogP contribution in [-0.2, 0) is 0 Å². The van der Waals surface area contributed by atoms with Gasteiger partial charge in [0.1, 0.15) is 11.6 Å². The molecule has 2 rings (SSSR count). The van der Waals surface area contributed by atoms with Gasteiger partial charge in [0.25, 0.3) is 0 Å². The van der Waals surface area contributed by atoms with Gasteiger partial charge in [0, 0.05) is 11.8 Å². The maximum atomic E-state index is 13.4. The molecule has 0 atom stereocenters. The molecule has 0 spiro atoms. The average Bonchev–Trinajstić information content (AvgIpc) is 2.38. The summed E-state index contributed by atoms with van der Waals surface area (Å²) in [6, 6.07) is 7.85. The summed E-state index contributed by atoms with van der Waals surface area (Å²) in [5, 5.41) is 4.89. The molecule has 2 N–H and O–H groups in total. The van der Waals surface area contributed by atoms with Crippen molar-refractivity contribution in [3.63, 3.8) is 0 Å². The summed E-state index contributed by atoms with van der Waals surface area (Å²) in [5.41, 5.74) is 2.29. The van der Waals surface area contributed by atoms with Crippen molar-refractivity contribution in [1.29, 1.82) is 0 Å². The minimum absolute atomic E-state index is 0.201. The normalized spacial score (nSPS) is 10.2. The average molecular weight is 276 g/mol. The highest BCUT2D eigenvalue weighted by Crippen LogP contribution is 2.18. The van der Waals surface area contributed by atoms with Crippen molar-refractivity contribution in [3.05, 3.63) is 59.2 Å².